The van der Waals surface area contributed by atoms with Crippen LogP contribution in [0.4, 0.5) is 5.69 Å². The van der Waals surface area contributed by atoms with Crippen LogP contribution in [0.2, 0.25) is 5.02 Å². The van der Waals surface area contributed by atoms with Crippen molar-refractivity contribution in [3.8, 4) is 11.5 Å². The molecule has 4 nitrogen and oxygen atoms in total. The predicted molar refractivity (Wildman–Crippen MR) is 99.0 cm³/mol. The van der Waals surface area contributed by atoms with Gasteiger partial charge in [0.05, 0.1) is 25.4 Å². The van der Waals surface area contributed by atoms with Crippen molar-refractivity contribution in [3.63, 3.8) is 0 Å². The summed E-state index contributed by atoms with van der Waals surface area (Å²) in [6.45, 7) is 5.60. The second kappa shape index (κ2) is 7.14. The second-order valence-corrected chi connectivity index (χ2v) is 6.30. The number of anilines is 1. The van der Waals surface area contributed by atoms with Crippen LogP contribution in [0.15, 0.2) is 47.5 Å². The molecule has 126 valence electrons. The molecule has 0 saturated carbocycles. The van der Waals surface area contributed by atoms with E-state index in [0.29, 0.717) is 0 Å². The maximum absolute atomic E-state index is 6.01. The summed E-state index contributed by atoms with van der Waals surface area (Å²) in [5.74, 6) is 2.51. The van der Waals surface area contributed by atoms with Crippen LogP contribution in [0.3, 0.4) is 0 Å². The molecule has 0 fully saturated rings. The zero-order valence-electron chi connectivity index (χ0n) is 14.1. The highest BCUT2D eigenvalue weighted by atomic mass is 35.5. The number of ether oxygens (including phenoxy) is 2. The van der Waals surface area contributed by atoms with Crippen LogP contribution in [0, 0.1) is 0 Å². The molecule has 1 aliphatic heterocycles. The molecule has 0 bridgehead atoms. The Bertz CT molecular complexity index is 742. The van der Waals surface area contributed by atoms with E-state index in [9.17, 15) is 0 Å². The van der Waals surface area contributed by atoms with Crippen molar-refractivity contribution in [2.75, 3.05) is 25.1 Å². The SMILES string of the molecule is COc1ccc(N2CCN=C2c2ccc(Cl)cc2)c(OC(C)C)c1. The fourth-order valence-corrected chi connectivity index (χ4v) is 2.85. The summed E-state index contributed by atoms with van der Waals surface area (Å²) in [5, 5.41) is 0.720. The first kappa shape index (κ1) is 16.7. The first-order chi connectivity index (χ1) is 11.6. The molecule has 0 saturated heterocycles. The fraction of sp³-hybridized carbons (Fsp3) is 0.316. The third-order valence-electron chi connectivity index (χ3n) is 3.76. The minimum atomic E-state index is 0.0781. The summed E-state index contributed by atoms with van der Waals surface area (Å²) in [4.78, 5) is 6.85. The van der Waals surface area contributed by atoms with Gasteiger partial charge >= 0.3 is 0 Å². The van der Waals surface area contributed by atoms with Crippen LogP contribution < -0.4 is 14.4 Å². The van der Waals surface area contributed by atoms with Gasteiger partial charge in [-0.1, -0.05) is 11.6 Å². The molecule has 0 radical (unpaired) electrons. The van der Waals surface area contributed by atoms with Crippen molar-refractivity contribution < 1.29 is 9.47 Å². The first-order valence-corrected chi connectivity index (χ1v) is 8.39. The van der Waals surface area contributed by atoms with Gasteiger partial charge in [0.2, 0.25) is 0 Å². The van der Waals surface area contributed by atoms with Crippen LogP contribution >= 0.6 is 11.6 Å². The largest absolute Gasteiger partial charge is 0.497 e. The Morgan fingerprint density at radius 3 is 2.54 bits per heavy atom. The standard InChI is InChI=1S/C19H21ClN2O2/c1-13(2)24-18-12-16(23-3)8-9-17(18)22-11-10-21-19(22)14-4-6-15(20)7-5-14/h4-9,12-13H,10-11H2,1-3H3. The van der Waals surface area contributed by atoms with Crippen LogP contribution in [-0.2, 0) is 0 Å². The van der Waals surface area contributed by atoms with E-state index in [1.165, 1.54) is 0 Å². The van der Waals surface area contributed by atoms with E-state index in [2.05, 4.69) is 9.89 Å². The lowest BCUT2D eigenvalue weighted by atomic mass is 10.1. The molecule has 0 aliphatic carbocycles. The van der Waals surface area contributed by atoms with Gasteiger partial charge in [0.1, 0.15) is 17.3 Å². The minimum Gasteiger partial charge on any atom is -0.497 e. The number of methoxy groups -OCH3 is 1. The zero-order valence-corrected chi connectivity index (χ0v) is 14.9. The third kappa shape index (κ3) is 3.49. The minimum absolute atomic E-state index is 0.0781. The molecule has 0 unspecified atom stereocenters. The van der Waals surface area contributed by atoms with Crippen LogP contribution in [0.5, 0.6) is 11.5 Å². The number of amidine groups is 1. The Balaban J connectivity index is 1.98. The highest BCUT2D eigenvalue weighted by Crippen LogP contribution is 2.35. The van der Waals surface area contributed by atoms with E-state index < -0.39 is 0 Å². The maximum Gasteiger partial charge on any atom is 0.147 e. The molecular weight excluding hydrogens is 324 g/mol. The molecule has 0 amide bonds. The van der Waals surface area contributed by atoms with Gasteiger partial charge in [-0.15, -0.1) is 0 Å². The predicted octanol–water partition coefficient (Wildman–Crippen LogP) is 4.40. The first-order valence-electron chi connectivity index (χ1n) is 8.01. The molecule has 2 aromatic carbocycles. The molecule has 0 spiro atoms. The summed E-state index contributed by atoms with van der Waals surface area (Å²) in [6, 6.07) is 13.6. The molecule has 5 heteroatoms. The summed E-state index contributed by atoms with van der Waals surface area (Å²) >= 11 is 6.00. The number of hydrogen-bond acceptors (Lipinski definition) is 4. The Labute approximate surface area is 147 Å². The second-order valence-electron chi connectivity index (χ2n) is 5.86. The lowest BCUT2D eigenvalue weighted by molar-refractivity contribution is 0.242. The average Bonchev–Trinajstić information content (AvgIpc) is 3.04. The summed E-state index contributed by atoms with van der Waals surface area (Å²) in [7, 11) is 1.66. The summed E-state index contributed by atoms with van der Waals surface area (Å²) < 4.78 is 11.3. The number of hydrogen-bond donors (Lipinski definition) is 0. The average molecular weight is 345 g/mol. The monoisotopic (exact) mass is 344 g/mol. The number of aliphatic imine (C=N–C) groups is 1. The van der Waals surface area contributed by atoms with Crippen molar-refractivity contribution in [1.29, 1.82) is 0 Å². The number of benzene rings is 2. The van der Waals surface area contributed by atoms with Crippen molar-refractivity contribution >= 4 is 23.1 Å². The normalized spacial score (nSPS) is 14.0. The summed E-state index contributed by atoms with van der Waals surface area (Å²) in [6.07, 6.45) is 0.0781. The molecule has 2 aromatic rings. The van der Waals surface area contributed by atoms with Crippen LogP contribution in [-0.4, -0.2) is 32.1 Å². The Morgan fingerprint density at radius 1 is 1.12 bits per heavy atom. The molecule has 1 aliphatic rings. The van der Waals surface area contributed by atoms with E-state index in [-0.39, 0.29) is 6.10 Å². The summed E-state index contributed by atoms with van der Waals surface area (Å²) in [5.41, 5.74) is 2.04. The zero-order chi connectivity index (χ0) is 17.1. The van der Waals surface area contributed by atoms with Gasteiger partial charge in [0, 0.05) is 23.2 Å². The highest BCUT2D eigenvalue weighted by molar-refractivity contribution is 6.30. The van der Waals surface area contributed by atoms with Gasteiger partial charge in [0.25, 0.3) is 0 Å². The molecule has 0 aromatic heterocycles. The van der Waals surface area contributed by atoms with Gasteiger partial charge in [0.15, 0.2) is 0 Å². The van der Waals surface area contributed by atoms with Gasteiger partial charge in [-0.2, -0.15) is 0 Å². The molecule has 24 heavy (non-hydrogen) atoms. The highest BCUT2D eigenvalue weighted by Gasteiger charge is 2.24. The quantitative estimate of drug-likeness (QED) is 0.806. The lowest BCUT2D eigenvalue weighted by Gasteiger charge is -2.25. The number of rotatable bonds is 5. The Morgan fingerprint density at radius 2 is 1.88 bits per heavy atom. The van der Waals surface area contributed by atoms with E-state index in [4.69, 9.17) is 21.1 Å². The van der Waals surface area contributed by atoms with Crippen molar-refractivity contribution in [2.24, 2.45) is 4.99 Å². The van der Waals surface area contributed by atoms with E-state index >= 15 is 0 Å². The Hall–Kier alpha value is -2.20. The van der Waals surface area contributed by atoms with E-state index in [0.717, 1.165) is 46.7 Å². The van der Waals surface area contributed by atoms with Gasteiger partial charge < -0.3 is 14.4 Å². The molecular formula is C19H21ClN2O2. The number of nitrogens with zero attached hydrogens (tertiary/aromatic N) is 2. The van der Waals surface area contributed by atoms with Crippen molar-refractivity contribution in [3.05, 3.63) is 53.1 Å². The van der Waals surface area contributed by atoms with Crippen LogP contribution in [0.1, 0.15) is 19.4 Å². The maximum atomic E-state index is 6.01. The number of halogens is 1. The Kier molecular flexibility index (Phi) is 4.95. The molecule has 0 N–H and O–H groups in total. The van der Waals surface area contributed by atoms with Gasteiger partial charge in [-0.25, -0.2) is 0 Å². The molecule has 0 atom stereocenters. The van der Waals surface area contributed by atoms with Crippen molar-refractivity contribution in [2.45, 2.75) is 20.0 Å². The van der Waals surface area contributed by atoms with E-state index in [1.807, 2.05) is 56.3 Å². The smallest absolute Gasteiger partial charge is 0.147 e. The third-order valence-corrected chi connectivity index (χ3v) is 4.02. The lowest BCUT2D eigenvalue weighted by Crippen LogP contribution is -2.29. The van der Waals surface area contributed by atoms with Gasteiger partial charge in [-0.05, 0) is 50.2 Å². The topological polar surface area (TPSA) is 34.1 Å². The van der Waals surface area contributed by atoms with E-state index in [1.54, 1.807) is 7.11 Å². The van der Waals surface area contributed by atoms with Crippen molar-refractivity contribution in [1.82, 2.24) is 0 Å². The molecule has 3 rings (SSSR count). The van der Waals surface area contributed by atoms with Gasteiger partial charge in [-0.3, -0.25) is 4.99 Å². The fourth-order valence-electron chi connectivity index (χ4n) is 2.72. The van der Waals surface area contributed by atoms with Crippen LogP contribution in [0.25, 0.3) is 0 Å². The molecule has 1 heterocycles.